The van der Waals surface area contributed by atoms with Crippen LogP contribution in [0.2, 0.25) is 0 Å². The predicted molar refractivity (Wildman–Crippen MR) is 47.3 cm³/mol. The zero-order valence-electron chi connectivity index (χ0n) is 7.26. The van der Waals surface area contributed by atoms with Crippen molar-refractivity contribution in [2.24, 2.45) is 17.6 Å². The molecule has 0 heterocycles. The third kappa shape index (κ3) is 1.76. The van der Waals surface area contributed by atoms with Gasteiger partial charge in [-0.25, -0.2) is 0 Å². The van der Waals surface area contributed by atoms with Gasteiger partial charge in [0.2, 0.25) is 0 Å². The molecule has 1 nitrogen and oxygen atoms in total. The highest BCUT2D eigenvalue weighted by Crippen LogP contribution is 2.42. The highest BCUT2D eigenvalue weighted by atomic mass is 14.7. The van der Waals surface area contributed by atoms with Crippen LogP contribution in [0, 0.1) is 11.8 Å². The first-order chi connectivity index (χ1) is 5.38. The van der Waals surface area contributed by atoms with Gasteiger partial charge in [0.15, 0.2) is 0 Å². The molecule has 0 saturated heterocycles. The van der Waals surface area contributed by atoms with Crippen LogP contribution in [0.4, 0.5) is 0 Å². The van der Waals surface area contributed by atoms with E-state index in [-0.39, 0.29) is 0 Å². The second kappa shape index (κ2) is 3.14. The SMILES string of the molecule is N[C@@H]1CCCCC[C@H]1C1CC1. The molecule has 2 aliphatic carbocycles. The van der Waals surface area contributed by atoms with Crippen LogP contribution >= 0.6 is 0 Å². The van der Waals surface area contributed by atoms with Crippen LogP contribution in [0.15, 0.2) is 0 Å². The predicted octanol–water partition coefficient (Wildman–Crippen LogP) is 2.30. The van der Waals surface area contributed by atoms with Gasteiger partial charge in [-0.1, -0.05) is 19.3 Å². The summed E-state index contributed by atoms with van der Waals surface area (Å²) in [5, 5.41) is 0. The molecule has 64 valence electrons. The first-order valence-electron chi connectivity index (χ1n) is 5.13. The molecule has 2 atom stereocenters. The van der Waals surface area contributed by atoms with Gasteiger partial charge in [-0.15, -0.1) is 0 Å². The standard InChI is InChI=1S/C10H19N/c11-10-5-3-1-2-4-9(10)8-6-7-8/h8-10H,1-7,11H2/t9-,10+/m0/s1. The molecule has 0 spiro atoms. The van der Waals surface area contributed by atoms with Crippen LogP contribution in [-0.2, 0) is 0 Å². The Labute approximate surface area is 69.4 Å². The topological polar surface area (TPSA) is 26.0 Å². The normalized spacial score (nSPS) is 40.1. The molecule has 2 rings (SSSR count). The van der Waals surface area contributed by atoms with E-state index < -0.39 is 0 Å². The first kappa shape index (κ1) is 7.60. The minimum atomic E-state index is 0.546. The second-order valence-electron chi connectivity index (χ2n) is 4.30. The maximum absolute atomic E-state index is 6.12. The highest BCUT2D eigenvalue weighted by Gasteiger charge is 2.34. The fraction of sp³-hybridized carbons (Fsp3) is 1.00. The van der Waals surface area contributed by atoms with Crippen LogP contribution in [0.5, 0.6) is 0 Å². The Morgan fingerprint density at radius 1 is 0.818 bits per heavy atom. The molecule has 2 aliphatic rings. The van der Waals surface area contributed by atoms with Gasteiger partial charge < -0.3 is 5.73 Å². The van der Waals surface area contributed by atoms with Crippen molar-refractivity contribution in [2.75, 3.05) is 0 Å². The van der Waals surface area contributed by atoms with E-state index in [9.17, 15) is 0 Å². The average molecular weight is 153 g/mol. The molecular formula is C10H19N. The van der Waals surface area contributed by atoms with Crippen LogP contribution in [0.3, 0.4) is 0 Å². The highest BCUT2D eigenvalue weighted by molar-refractivity contribution is 4.88. The molecule has 0 aromatic carbocycles. The summed E-state index contributed by atoms with van der Waals surface area (Å²) in [4.78, 5) is 0. The summed E-state index contributed by atoms with van der Waals surface area (Å²) in [5.41, 5.74) is 6.12. The van der Waals surface area contributed by atoms with Gasteiger partial charge in [0.25, 0.3) is 0 Å². The fourth-order valence-corrected chi connectivity index (χ4v) is 2.47. The van der Waals surface area contributed by atoms with E-state index in [2.05, 4.69) is 0 Å². The maximum Gasteiger partial charge on any atom is 0.00698 e. The molecule has 0 unspecified atom stereocenters. The number of rotatable bonds is 1. The molecule has 0 radical (unpaired) electrons. The van der Waals surface area contributed by atoms with E-state index in [1.54, 1.807) is 0 Å². The third-order valence-corrected chi connectivity index (χ3v) is 3.35. The molecule has 0 amide bonds. The van der Waals surface area contributed by atoms with Gasteiger partial charge in [0.1, 0.15) is 0 Å². The summed E-state index contributed by atoms with van der Waals surface area (Å²) >= 11 is 0. The van der Waals surface area contributed by atoms with E-state index >= 15 is 0 Å². The van der Waals surface area contributed by atoms with Gasteiger partial charge in [0.05, 0.1) is 0 Å². The molecule has 11 heavy (non-hydrogen) atoms. The smallest absolute Gasteiger partial charge is 0.00698 e. The average Bonchev–Trinajstić information content (AvgIpc) is 2.74. The van der Waals surface area contributed by atoms with Crippen molar-refractivity contribution < 1.29 is 0 Å². The monoisotopic (exact) mass is 153 g/mol. The fourth-order valence-electron chi connectivity index (χ4n) is 2.47. The summed E-state index contributed by atoms with van der Waals surface area (Å²) in [6.07, 6.45) is 9.90. The van der Waals surface area contributed by atoms with Crippen molar-refractivity contribution >= 4 is 0 Å². The third-order valence-electron chi connectivity index (χ3n) is 3.35. The summed E-state index contributed by atoms with van der Waals surface area (Å²) in [6, 6.07) is 0.546. The zero-order chi connectivity index (χ0) is 7.68. The lowest BCUT2D eigenvalue weighted by atomic mass is 9.91. The Bertz CT molecular complexity index is 129. The van der Waals surface area contributed by atoms with E-state index in [1.165, 1.54) is 44.9 Å². The summed E-state index contributed by atoms with van der Waals surface area (Å²) < 4.78 is 0. The molecular weight excluding hydrogens is 134 g/mol. The van der Waals surface area contributed by atoms with E-state index in [0.29, 0.717) is 6.04 Å². The molecule has 0 bridgehead atoms. The largest absolute Gasteiger partial charge is 0.327 e. The quantitative estimate of drug-likeness (QED) is 0.575. The minimum Gasteiger partial charge on any atom is -0.327 e. The Morgan fingerprint density at radius 2 is 1.55 bits per heavy atom. The Kier molecular flexibility index (Phi) is 2.17. The van der Waals surface area contributed by atoms with Crippen molar-refractivity contribution in [3.05, 3.63) is 0 Å². The lowest BCUT2D eigenvalue weighted by molar-refractivity contribution is 0.353. The van der Waals surface area contributed by atoms with E-state index in [0.717, 1.165) is 11.8 Å². The number of hydrogen-bond acceptors (Lipinski definition) is 1. The van der Waals surface area contributed by atoms with Gasteiger partial charge in [-0.05, 0) is 37.5 Å². The van der Waals surface area contributed by atoms with Crippen molar-refractivity contribution in [3.63, 3.8) is 0 Å². The first-order valence-corrected chi connectivity index (χ1v) is 5.13. The van der Waals surface area contributed by atoms with Gasteiger partial charge in [0, 0.05) is 6.04 Å². The molecule has 2 fully saturated rings. The van der Waals surface area contributed by atoms with Crippen LogP contribution in [0.25, 0.3) is 0 Å². The van der Waals surface area contributed by atoms with Crippen LogP contribution in [0.1, 0.15) is 44.9 Å². The maximum atomic E-state index is 6.12. The van der Waals surface area contributed by atoms with Gasteiger partial charge in [-0.2, -0.15) is 0 Å². The molecule has 0 aromatic rings. The van der Waals surface area contributed by atoms with Crippen LogP contribution < -0.4 is 5.73 Å². The summed E-state index contributed by atoms with van der Waals surface area (Å²) in [5.74, 6) is 1.93. The molecule has 0 aromatic heterocycles. The van der Waals surface area contributed by atoms with Gasteiger partial charge in [-0.3, -0.25) is 0 Å². The van der Waals surface area contributed by atoms with Crippen LogP contribution in [-0.4, -0.2) is 6.04 Å². The number of hydrogen-bond donors (Lipinski definition) is 1. The Hall–Kier alpha value is -0.0400. The van der Waals surface area contributed by atoms with E-state index in [4.69, 9.17) is 5.73 Å². The van der Waals surface area contributed by atoms with Crippen molar-refractivity contribution in [1.82, 2.24) is 0 Å². The van der Waals surface area contributed by atoms with Crippen molar-refractivity contribution in [2.45, 2.75) is 51.0 Å². The molecule has 2 saturated carbocycles. The molecule has 1 heteroatoms. The van der Waals surface area contributed by atoms with Crippen molar-refractivity contribution in [3.8, 4) is 0 Å². The number of nitrogens with two attached hydrogens (primary N) is 1. The Balaban J connectivity index is 1.91. The van der Waals surface area contributed by atoms with E-state index in [1.807, 2.05) is 0 Å². The van der Waals surface area contributed by atoms with Gasteiger partial charge >= 0.3 is 0 Å². The summed E-state index contributed by atoms with van der Waals surface area (Å²) in [6.45, 7) is 0. The van der Waals surface area contributed by atoms with Crippen molar-refractivity contribution in [1.29, 1.82) is 0 Å². The second-order valence-corrected chi connectivity index (χ2v) is 4.30. The lowest BCUT2D eigenvalue weighted by Crippen LogP contribution is -2.30. The minimum absolute atomic E-state index is 0.546. The Morgan fingerprint density at radius 3 is 2.27 bits per heavy atom. The molecule has 0 aliphatic heterocycles. The lowest BCUT2D eigenvalue weighted by Gasteiger charge is -2.20. The molecule has 2 N–H and O–H groups in total. The summed E-state index contributed by atoms with van der Waals surface area (Å²) in [7, 11) is 0. The zero-order valence-corrected chi connectivity index (χ0v) is 7.26.